The third-order valence-electron chi connectivity index (χ3n) is 3.22. The maximum atomic E-state index is 5.21. The fraction of sp³-hybridized carbons (Fsp3) is 0.750. The van der Waals surface area contributed by atoms with Gasteiger partial charge in [0.25, 0.3) is 0 Å². The van der Waals surface area contributed by atoms with Crippen LogP contribution in [0.2, 0.25) is 0 Å². The minimum Gasteiger partial charge on any atom is -0.385 e. The summed E-state index contributed by atoms with van der Waals surface area (Å²) in [6.45, 7) is 9.93. The van der Waals surface area contributed by atoms with E-state index in [0.717, 1.165) is 45.8 Å². The van der Waals surface area contributed by atoms with E-state index in [1.54, 1.807) is 14.2 Å². The quantitative estimate of drug-likeness (QED) is 0.602. The lowest BCUT2D eigenvalue weighted by Gasteiger charge is -2.21. The van der Waals surface area contributed by atoms with Gasteiger partial charge in [-0.1, -0.05) is 13.8 Å². The van der Waals surface area contributed by atoms with Crippen molar-refractivity contribution in [2.24, 2.45) is 0 Å². The third kappa shape index (κ3) is 8.53. The Morgan fingerprint density at radius 1 is 1.10 bits per heavy atom. The summed E-state index contributed by atoms with van der Waals surface area (Å²) >= 11 is 1.90. The second kappa shape index (κ2) is 11.2. The van der Waals surface area contributed by atoms with Gasteiger partial charge in [-0.05, 0) is 18.6 Å². The van der Waals surface area contributed by atoms with Crippen molar-refractivity contribution >= 4 is 11.3 Å². The fourth-order valence-electron chi connectivity index (χ4n) is 2.05. The topological polar surface area (TPSA) is 33.7 Å². The normalized spacial score (nSPS) is 11.7. The predicted octanol–water partition coefficient (Wildman–Crippen LogP) is 2.73. The van der Waals surface area contributed by atoms with E-state index in [4.69, 9.17) is 9.47 Å². The van der Waals surface area contributed by atoms with Crippen LogP contribution in [0.5, 0.6) is 0 Å². The lowest BCUT2D eigenvalue weighted by molar-refractivity contribution is 0.130. The van der Waals surface area contributed by atoms with E-state index < -0.39 is 0 Å². The Morgan fingerprint density at radius 3 is 2.48 bits per heavy atom. The molecule has 0 atom stereocenters. The van der Waals surface area contributed by atoms with Crippen LogP contribution in [0.25, 0.3) is 0 Å². The summed E-state index contributed by atoms with van der Waals surface area (Å²) in [5.41, 5.74) is 0. The van der Waals surface area contributed by atoms with Gasteiger partial charge in [-0.15, -0.1) is 11.3 Å². The van der Waals surface area contributed by atoms with Crippen LogP contribution < -0.4 is 5.32 Å². The third-order valence-corrected chi connectivity index (χ3v) is 4.29. The van der Waals surface area contributed by atoms with E-state index in [9.17, 15) is 0 Å². The number of ether oxygens (including phenoxy) is 2. The maximum Gasteiger partial charge on any atom is 0.0589 e. The first-order valence-electron chi connectivity index (χ1n) is 7.67. The lowest BCUT2D eigenvalue weighted by Crippen LogP contribution is -2.28. The number of thiophene rings is 1. The van der Waals surface area contributed by atoms with Gasteiger partial charge in [0, 0.05) is 62.8 Å². The molecule has 0 bridgehead atoms. The van der Waals surface area contributed by atoms with Crippen molar-refractivity contribution in [3.05, 3.63) is 21.9 Å². The molecule has 0 amide bonds. The van der Waals surface area contributed by atoms with E-state index in [0.29, 0.717) is 6.04 Å². The van der Waals surface area contributed by atoms with Crippen LogP contribution in [0.4, 0.5) is 0 Å². The first-order chi connectivity index (χ1) is 10.2. The molecule has 0 saturated carbocycles. The van der Waals surface area contributed by atoms with Crippen LogP contribution >= 0.6 is 11.3 Å². The van der Waals surface area contributed by atoms with Crippen molar-refractivity contribution in [2.75, 3.05) is 40.5 Å². The summed E-state index contributed by atoms with van der Waals surface area (Å²) in [7, 11) is 3.51. The van der Waals surface area contributed by atoms with Crippen LogP contribution in [0.15, 0.2) is 12.1 Å². The smallest absolute Gasteiger partial charge is 0.0589 e. The molecule has 0 aliphatic carbocycles. The highest BCUT2D eigenvalue weighted by Crippen LogP contribution is 2.18. The van der Waals surface area contributed by atoms with E-state index in [-0.39, 0.29) is 0 Å². The van der Waals surface area contributed by atoms with E-state index in [1.165, 1.54) is 9.75 Å². The SMILES string of the molecule is COCCCN(CCOC)Cc1ccc(CNC(C)C)s1. The molecule has 122 valence electrons. The average Bonchev–Trinajstić information content (AvgIpc) is 2.90. The number of nitrogens with zero attached hydrogens (tertiary/aromatic N) is 1. The molecule has 21 heavy (non-hydrogen) atoms. The van der Waals surface area contributed by atoms with E-state index >= 15 is 0 Å². The Labute approximate surface area is 133 Å². The van der Waals surface area contributed by atoms with Gasteiger partial charge in [-0.25, -0.2) is 0 Å². The molecule has 1 aromatic rings. The molecule has 5 heteroatoms. The molecule has 4 nitrogen and oxygen atoms in total. The van der Waals surface area contributed by atoms with Crippen molar-refractivity contribution in [1.29, 1.82) is 0 Å². The minimum absolute atomic E-state index is 0.530. The maximum absolute atomic E-state index is 5.21. The molecule has 1 rings (SSSR count). The summed E-state index contributed by atoms with van der Waals surface area (Å²) < 4.78 is 10.3. The summed E-state index contributed by atoms with van der Waals surface area (Å²) in [6, 6.07) is 5.01. The summed E-state index contributed by atoms with van der Waals surface area (Å²) in [5.74, 6) is 0. The molecule has 0 aromatic carbocycles. The summed E-state index contributed by atoms with van der Waals surface area (Å²) in [4.78, 5) is 5.26. The predicted molar refractivity (Wildman–Crippen MR) is 89.9 cm³/mol. The molecule has 1 N–H and O–H groups in total. The highest BCUT2D eigenvalue weighted by molar-refractivity contribution is 7.11. The zero-order valence-electron chi connectivity index (χ0n) is 13.9. The van der Waals surface area contributed by atoms with Gasteiger partial charge in [-0.2, -0.15) is 0 Å². The molecule has 0 aliphatic rings. The van der Waals surface area contributed by atoms with Crippen LogP contribution in [-0.4, -0.2) is 51.5 Å². The number of methoxy groups -OCH3 is 2. The average molecular weight is 314 g/mol. The summed E-state index contributed by atoms with van der Waals surface area (Å²) in [5, 5.41) is 3.46. The van der Waals surface area contributed by atoms with Crippen molar-refractivity contribution in [2.45, 2.75) is 39.4 Å². The minimum atomic E-state index is 0.530. The highest BCUT2D eigenvalue weighted by Gasteiger charge is 2.08. The molecule has 0 spiro atoms. The van der Waals surface area contributed by atoms with Crippen molar-refractivity contribution in [3.8, 4) is 0 Å². The fourth-order valence-corrected chi connectivity index (χ4v) is 3.06. The van der Waals surface area contributed by atoms with Crippen molar-refractivity contribution in [3.63, 3.8) is 0 Å². The number of hydrogen-bond donors (Lipinski definition) is 1. The van der Waals surface area contributed by atoms with Crippen molar-refractivity contribution in [1.82, 2.24) is 10.2 Å². The summed E-state index contributed by atoms with van der Waals surface area (Å²) in [6.07, 6.45) is 1.06. The molecular weight excluding hydrogens is 284 g/mol. The molecule has 0 unspecified atom stereocenters. The van der Waals surface area contributed by atoms with Crippen LogP contribution in [0.1, 0.15) is 30.0 Å². The van der Waals surface area contributed by atoms with Crippen LogP contribution in [0, 0.1) is 0 Å². The molecule has 0 aliphatic heterocycles. The lowest BCUT2D eigenvalue weighted by atomic mass is 10.3. The largest absolute Gasteiger partial charge is 0.385 e. The Balaban J connectivity index is 2.44. The standard InChI is InChI=1S/C16H30N2O2S/c1-14(2)17-12-15-6-7-16(21-15)13-18(9-11-20-4)8-5-10-19-3/h6-7,14,17H,5,8-13H2,1-4H3. The van der Waals surface area contributed by atoms with E-state index in [2.05, 4.69) is 36.2 Å². The molecule has 1 heterocycles. The van der Waals surface area contributed by atoms with Gasteiger partial charge in [0.2, 0.25) is 0 Å². The molecule has 0 radical (unpaired) electrons. The Morgan fingerprint density at radius 2 is 1.81 bits per heavy atom. The van der Waals surface area contributed by atoms with Gasteiger partial charge >= 0.3 is 0 Å². The van der Waals surface area contributed by atoms with Crippen molar-refractivity contribution < 1.29 is 9.47 Å². The molecule has 0 saturated heterocycles. The zero-order valence-corrected chi connectivity index (χ0v) is 14.7. The second-order valence-corrected chi connectivity index (χ2v) is 6.77. The van der Waals surface area contributed by atoms with Gasteiger partial charge in [0.05, 0.1) is 6.61 Å². The van der Waals surface area contributed by atoms with Gasteiger partial charge < -0.3 is 14.8 Å². The Kier molecular flexibility index (Phi) is 9.87. The van der Waals surface area contributed by atoms with Crippen LogP contribution in [0.3, 0.4) is 0 Å². The van der Waals surface area contributed by atoms with Gasteiger partial charge in [-0.3, -0.25) is 4.90 Å². The van der Waals surface area contributed by atoms with Gasteiger partial charge in [0.1, 0.15) is 0 Å². The van der Waals surface area contributed by atoms with Gasteiger partial charge in [0.15, 0.2) is 0 Å². The number of hydrogen-bond acceptors (Lipinski definition) is 5. The Hall–Kier alpha value is -0.460. The zero-order chi connectivity index (χ0) is 15.5. The molecular formula is C16H30N2O2S. The second-order valence-electron chi connectivity index (χ2n) is 5.52. The first kappa shape index (κ1) is 18.6. The molecule has 0 fully saturated rings. The number of rotatable bonds is 12. The Bertz CT molecular complexity index is 369. The molecule has 1 aromatic heterocycles. The monoisotopic (exact) mass is 314 g/mol. The van der Waals surface area contributed by atoms with E-state index in [1.807, 2.05) is 11.3 Å². The number of nitrogens with one attached hydrogen (secondary N) is 1. The first-order valence-corrected chi connectivity index (χ1v) is 8.48. The van der Waals surface area contributed by atoms with Crippen LogP contribution in [-0.2, 0) is 22.6 Å². The highest BCUT2D eigenvalue weighted by atomic mass is 32.1.